The third-order valence-corrected chi connectivity index (χ3v) is 3.38. The lowest BCUT2D eigenvalue weighted by molar-refractivity contribution is 0.309. The number of ether oxygens (including phenoxy) is 1. The summed E-state index contributed by atoms with van der Waals surface area (Å²) in [5, 5.41) is 8.76. The van der Waals surface area contributed by atoms with Gasteiger partial charge in [0.15, 0.2) is 0 Å². The average molecular weight is 280 g/mol. The Kier molecular flexibility index (Phi) is 5.34. The first-order chi connectivity index (χ1) is 10.2. The van der Waals surface area contributed by atoms with E-state index in [0.717, 1.165) is 47.7 Å². The van der Waals surface area contributed by atoms with Gasteiger partial charge < -0.3 is 4.74 Å². The predicted octanol–water partition coefficient (Wildman–Crippen LogP) is 4.30. The second kappa shape index (κ2) is 7.44. The van der Waals surface area contributed by atoms with E-state index < -0.39 is 0 Å². The smallest absolute Gasteiger partial charge is 0.119 e. The molecule has 3 heteroatoms. The van der Waals surface area contributed by atoms with Crippen molar-refractivity contribution in [2.24, 2.45) is 0 Å². The molecule has 0 aliphatic rings. The third kappa shape index (κ3) is 4.06. The summed E-state index contributed by atoms with van der Waals surface area (Å²) in [6.45, 7) is 4.85. The first kappa shape index (κ1) is 15.1. The first-order valence-corrected chi connectivity index (χ1v) is 7.31. The molecule has 0 aliphatic heterocycles. The quantitative estimate of drug-likeness (QED) is 0.741. The molecule has 3 nitrogen and oxygen atoms in total. The molecule has 0 aliphatic carbocycles. The van der Waals surface area contributed by atoms with Crippen LogP contribution in [0, 0.1) is 18.3 Å². The van der Waals surface area contributed by atoms with E-state index in [2.05, 4.69) is 18.0 Å². The minimum absolute atomic E-state index is 0.406. The molecule has 0 saturated carbocycles. The van der Waals surface area contributed by atoms with Crippen molar-refractivity contribution in [3.63, 3.8) is 0 Å². The minimum Gasteiger partial charge on any atom is -0.494 e. The average Bonchev–Trinajstić information content (AvgIpc) is 2.50. The van der Waals surface area contributed by atoms with E-state index in [1.807, 2.05) is 43.3 Å². The molecule has 2 aromatic rings. The summed E-state index contributed by atoms with van der Waals surface area (Å²) in [4.78, 5) is 4.58. The van der Waals surface area contributed by atoms with Crippen LogP contribution in [-0.4, -0.2) is 11.6 Å². The highest BCUT2D eigenvalue weighted by molar-refractivity contribution is 5.60. The SMILES string of the molecule is CCCCOc1ccc(-c2ccc(CC#N)c(C)n2)cc1. The molecule has 0 fully saturated rings. The Bertz CT molecular complexity index is 627. The number of benzene rings is 1. The Morgan fingerprint density at radius 1 is 1.14 bits per heavy atom. The van der Waals surface area contributed by atoms with E-state index in [0.29, 0.717) is 6.42 Å². The molecule has 0 unspecified atom stereocenters. The molecule has 1 heterocycles. The van der Waals surface area contributed by atoms with Crippen LogP contribution in [0.1, 0.15) is 31.0 Å². The van der Waals surface area contributed by atoms with Crippen LogP contribution in [0.25, 0.3) is 11.3 Å². The zero-order valence-electron chi connectivity index (χ0n) is 12.6. The number of aryl methyl sites for hydroxylation is 1. The third-order valence-electron chi connectivity index (χ3n) is 3.38. The predicted molar refractivity (Wildman–Crippen MR) is 84.1 cm³/mol. The van der Waals surface area contributed by atoms with Crippen molar-refractivity contribution in [3.05, 3.63) is 47.7 Å². The van der Waals surface area contributed by atoms with Crippen molar-refractivity contribution in [2.45, 2.75) is 33.1 Å². The summed E-state index contributed by atoms with van der Waals surface area (Å²) < 4.78 is 5.66. The zero-order chi connectivity index (χ0) is 15.1. The van der Waals surface area contributed by atoms with E-state index >= 15 is 0 Å². The molecule has 108 valence electrons. The van der Waals surface area contributed by atoms with Gasteiger partial charge in [-0.25, -0.2) is 0 Å². The van der Waals surface area contributed by atoms with Gasteiger partial charge in [0.25, 0.3) is 0 Å². The van der Waals surface area contributed by atoms with Crippen molar-refractivity contribution in [2.75, 3.05) is 6.61 Å². The van der Waals surface area contributed by atoms with Crippen LogP contribution < -0.4 is 4.74 Å². The van der Waals surface area contributed by atoms with Crippen molar-refractivity contribution < 1.29 is 4.74 Å². The second-order valence-electron chi connectivity index (χ2n) is 5.00. The summed E-state index contributed by atoms with van der Waals surface area (Å²) in [5.41, 5.74) is 3.89. The lowest BCUT2D eigenvalue weighted by Gasteiger charge is -2.08. The number of pyridine rings is 1. The molecule has 0 bridgehead atoms. The van der Waals surface area contributed by atoms with Crippen molar-refractivity contribution >= 4 is 0 Å². The molecular weight excluding hydrogens is 260 g/mol. The van der Waals surface area contributed by atoms with Crippen molar-refractivity contribution in [3.8, 4) is 23.1 Å². The molecule has 0 saturated heterocycles. The van der Waals surface area contributed by atoms with Gasteiger partial charge in [-0.15, -0.1) is 0 Å². The second-order valence-corrected chi connectivity index (χ2v) is 5.00. The first-order valence-electron chi connectivity index (χ1n) is 7.31. The molecular formula is C18H20N2O. The van der Waals surface area contributed by atoms with Gasteiger partial charge in [-0.2, -0.15) is 5.26 Å². The van der Waals surface area contributed by atoms with E-state index in [9.17, 15) is 0 Å². The molecule has 0 N–H and O–H groups in total. The monoisotopic (exact) mass is 280 g/mol. The van der Waals surface area contributed by atoms with E-state index in [4.69, 9.17) is 10.00 Å². The van der Waals surface area contributed by atoms with Gasteiger partial charge in [-0.05, 0) is 49.2 Å². The number of hydrogen-bond donors (Lipinski definition) is 0. The van der Waals surface area contributed by atoms with Crippen LogP contribution in [0.15, 0.2) is 36.4 Å². The maximum atomic E-state index is 8.76. The minimum atomic E-state index is 0.406. The Hall–Kier alpha value is -2.34. The van der Waals surface area contributed by atoms with Gasteiger partial charge in [-0.3, -0.25) is 4.98 Å². The molecule has 0 atom stereocenters. The van der Waals surface area contributed by atoms with Gasteiger partial charge in [0, 0.05) is 11.3 Å². The lowest BCUT2D eigenvalue weighted by Crippen LogP contribution is -1.96. The summed E-state index contributed by atoms with van der Waals surface area (Å²) >= 11 is 0. The van der Waals surface area contributed by atoms with Crippen molar-refractivity contribution in [1.29, 1.82) is 5.26 Å². The highest BCUT2D eigenvalue weighted by Gasteiger charge is 2.04. The van der Waals surface area contributed by atoms with Crippen LogP contribution in [-0.2, 0) is 6.42 Å². The van der Waals surface area contributed by atoms with Gasteiger partial charge in [0.2, 0.25) is 0 Å². The molecule has 1 aromatic carbocycles. The van der Waals surface area contributed by atoms with Crippen molar-refractivity contribution in [1.82, 2.24) is 4.98 Å². The fourth-order valence-electron chi connectivity index (χ4n) is 2.08. The Morgan fingerprint density at radius 3 is 2.52 bits per heavy atom. The molecule has 0 spiro atoms. The number of aromatic nitrogens is 1. The summed E-state index contributed by atoms with van der Waals surface area (Å²) in [6.07, 6.45) is 2.61. The normalized spacial score (nSPS) is 10.1. The van der Waals surface area contributed by atoms with E-state index in [1.54, 1.807) is 0 Å². The Morgan fingerprint density at radius 2 is 1.90 bits per heavy atom. The number of nitriles is 1. The van der Waals surface area contributed by atoms with Gasteiger partial charge in [-0.1, -0.05) is 19.4 Å². The number of nitrogens with zero attached hydrogens (tertiary/aromatic N) is 2. The van der Waals surface area contributed by atoms with Crippen LogP contribution >= 0.6 is 0 Å². The Balaban J connectivity index is 2.11. The fraction of sp³-hybridized carbons (Fsp3) is 0.333. The van der Waals surface area contributed by atoms with Gasteiger partial charge in [0.1, 0.15) is 5.75 Å². The summed E-state index contributed by atoms with van der Waals surface area (Å²) in [7, 11) is 0. The molecule has 2 rings (SSSR count). The lowest BCUT2D eigenvalue weighted by atomic mass is 10.1. The fourth-order valence-corrected chi connectivity index (χ4v) is 2.08. The van der Waals surface area contributed by atoms with E-state index in [1.165, 1.54) is 0 Å². The largest absolute Gasteiger partial charge is 0.494 e. The number of hydrogen-bond acceptors (Lipinski definition) is 3. The van der Waals surface area contributed by atoms with Gasteiger partial charge in [0.05, 0.1) is 24.8 Å². The van der Waals surface area contributed by atoms with E-state index in [-0.39, 0.29) is 0 Å². The highest BCUT2D eigenvalue weighted by atomic mass is 16.5. The summed E-state index contributed by atoms with van der Waals surface area (Å²) in [6, 6.07) is 14.1. The molecule has 1 aromatic heterocycles. The summed E-state index contributed by atoms with van der Waals surface area (Å²) in [5.74, 6) is 0.894. The highest BCUT2D eigenvalue weighted by Crippen LogP contribution is 2.22. The maximum Gasteiger partial charge on any atom is 0.119 e. The van der Waals surface area contributed by atoms with Crippen LogP contribution in [0.3, 0.4) is 0 Å². The standard InChI is InChI=1S/C18H20N2O/c1-3-4-13-21-17-8-5-16(6-9-17)18-10-7-15(11-12-19)14(2)20-18/h5-10H,3-4,11,13H2,1-2H3. The molecule has 0 amide bonds. The van der Waals surface area contributed by atoms with Gasteiger partial charge >= 0.3 is 0 Å². The molecule has 21 heavy (non-hydrogen) atoms. The number of unbranched alkanes of at least 4 members (excludes halogenated alkanes) is 1. The zero-order valence-corrected chi connectivity index (χ0v) is 12.6. The Labute approximate surface area is 126 Å². The number of rotatable bonds is 6. The van der Waals surface area contributed by atoms with Crippen LogP contribution in [0.2, 0.25) is 0 Å². The maximum absolute atomic E-state index is 8.76. The van der Waals surface area contributed by atoms with Crippen LogP contribution in [0.5, 0.6) is 5.75 Å². The molecule has 0 radical (unpaired) electrons. The topological polar surface area (TPSA) is 45.9 Å². The van der Waals surface area contributed by atoms with Crippen LogP contribution in [0.4, 0.5) is 0 Å².